The van der Waals surface area contributed by atoms with Gasteiger partial charge < -0.3 is 9.80 Å². The third-order valence-corrected chi connectivity index (χ3v) is 4.38. The Labute approximate surface area is 115 Å². The minimum Gasteiger partial charge on any atom is -0.352 e. The highest BCUT2D eigenvalue weighted by molar-refractivity contribution is 5.41. The first-order chi connectivity index (χ1) is 9.33. The second-order valence-corrected chi connectivity index (χ2v) is 5.87. The zero-order valence-electron chi connectivity index (χ0n) is 11.9. The zero-order chi connectivity index (χ0) is 13.1. The van der Waals surface area contributed by atoms with Gasteiger partial charge in [0, 0.05) is 30.9 Å². The van der Waals surface area contributed by atoms with Gasteiger partial charge in [-0.2, -0.15) is 0 Å². The summed E-state index contributed by atoms with van der Waals surface area (Å²) in [5, 5.41) is 0. The molecule has 3 rings (SSSR count). The van der Waals surface area contributed by atoms with E-state index in [-0.39, 0.29) is 0 Å². The average molecular weight is 260 g/mol. The van der Waals surface area contributed by atoms with Crippen molar-refractivity contribution in [1.82, 2.24) is 14.9 Å². The number of hydrogen-bond donors (Lipinski definition) is 0. The zero-order valence-corrected chi connectivity index (χ0v) is 11.9. The Morgan fingerprint density at radius 1 is 1.11 bits per heavy atom. The van der Waals surface area contributed by atoms with Gasteiger partial charge in [0.1, 0.15) is 12.1 Å². The van der Waals surface area contributed by atoms with Crippen molar-refractivity contribution in [2.75, 3.05) is 31.1 Å². The largest absolute Gasteiger partial charge is 0.352 e. The minimum atomic E-state index is 0.646. The van der Waals surface area contributed by atoms with Crippen LogP contribution in [0.3, 0.4) is 0 Å². The molecule has 0 spiro atoms. The molecule has 0 amide bonds. The maximum atomic E-state index is 4.46. The van der Waals surface area contributed by atoms with Gasteiger partial charge >= 0.3 is 0 Å². The highest BCUT2D eigenvalue weighted by Gasteiger charge is 2.27. The van der Waals surface area contributed by atoms with E-state index in [0.717, 1.165) is 18.1 Å². The predicted molar refractivity (Wildman–Crippen MR) is 77.4 cm³/mol. The second kappa shape index (κ2) is 5.87. The van der Waals surface area contributed by atoms with Crippen LogP contribution in [0.4, 0.5) is 5.82 Å². The molecule has 0 unspecified atom stereocenters. The van der Waals surface area contributed by atoms with Crippen molar-refractivity contribution in [2.45, 2.75) is 45.1 Å². The van der Waals surface area contributed by atoms with Crippen LogP contribution in [0.1, 0.15) is 37.8 Å². The Balaban J connectivity index is 1.67. The number of rotatable bonds is 3. The van der Waals surface area contributed by atoms with Crippen LogP contribution in [0.5, 0.6) is 0 Å². The molecule has 0 radical (unpaired) electrons. The molecule has 0 saturated carbocycles. The molecule has 2 aliphatic rings. The normalized spacial score (nSPS) is 24.9. The van der Waals surface area contributed by atoms with E-state index in [9.17, 15) is 0 Å². The third-order valence-electron chi connectivity index (χ3n) is 4.38. The second-order valence-electron chi connectivity index (χ2n) is 5.87. The molecule has 0 bridgehead atoms. The van der Waals surface area contributed by atoms with Gasteiger partial charge in [0.15, 0.2) is 0 Å². The van der Waals surface area contributed by atoms with Gasteiger partial charge in [-0.15, -0.1) is 0 Å². The molecule has 0 aromatic carbocycles. The van der Waals surface area contributed by atoms with E-state index < -0.39 is 0 Å². The van der Waals surface area contributed by atoms with Crippen LogP contribution < -0.4 is 4.90 Å². The molecule has 1 atom stereocenters. The van der Waals surface area contributed by atoms with Crippen molar-refractivity contribution in [3.8, 4) is 0 Å². The van der Waals surface area contributed by atoms with Crippen molar-refractivity contribution in [3.05, 3.63) is 18.1 Å². The minimum absolute atomic E-state index is 0.646. The lowest BCUT2D eigenvalue weighted by molar-refractivity contribution is 0.216. The monoisotopic (exact) mass is 260 g/mol. The Bertz CT molecular complexity index is 414. The summed E-state index contributed by atoms with van der Waals surface area (Å²) in [6.45, 7) is 6.97. The lowest BCUT2D eigenvalue weighted by Crippen LogP contribution is -2.42. The molecule has 2 fully saturated rings. The van der Waals surface area contributed by atoms with Gasteiger partial charge in [-0.25, -0.2) is 9.97 Å². The summed E-state index contributed by atoms with van der Waals surface area (Å²) in [5.74, 6) is 1.12. The summed E-state index contributed by atoms with van der Waals surface area (Å²) in [6, 6.07) is 2.77. The number of likely N-dealkylation sites (tertiary alicyclic amines) is 1. The lowest BCUT2D eigenvalue weighted by atomic mass is 10.1. The van der Waals surface area contributed by atoms with Gasteiger partial charge in [0.2, 0.25) is 0 Å². The first kappa shape index (κ1) is 12.9. The number of aryl methyl sites for hydroxylation is 1. The van der Waals surface area contributed by atoms with Crippen LogP contribution in [0.25, 0.3) is 0 Å². The van der Waals surface area contributed by atoms with E-state index in [1.165, 1.54) is 51.7 Å². The summed E-state index contributed by atoms with van der Waals surface area (Å²) >= 11 is 0. The van der Waals surface area contributed by atoms with Crippen molar-refractivity contribution >= 4 is 5.82 Å². The number of anilines is 1. The SMILES string of the molecule is Cc1cc(N2CCC[C@@H]2CN2CCCCC2)ncn1. The molecule has 3 heterocycles. The summed E-state index contributed by atoms with van der Waals surface area (Å²) in [6.07, 6.45) is 8.46. The fourth-order valence-corrected chi connectivity index (χ4v) is 3.36. The summed E-state index contributed by atoms with van der Waals surface area (Å²) in [4.78, 5) is 13.8. The topological polar surface area (TPSA) is 32.3 Å². The van der Waals surface area contributed by atoms with Crippen LogP contribution in [-0.4, -0.2) is 47.1 Å². The smallest absolute Gasteiger partial charge is 0.132 e. The van der Waals surface area contributed by atoms with Crippen LogP contribution in [0.2, 0.25) is 0 Å². The molecule has 4 heteroatoms. The Morgan fingerprint density at radius 3 is 2.74 bits per heavy atom. The molecular formula is C15H24N4. The van der Waals surface area contributed by atoms with Crippen LogP contribution >= 0.6 is 0 Å². The third kappa shape index (κ3) is 3.06. The summed E-state index contributed by atoms with van der Waals surface area (Å²) < 4.78 is 0. The highest BCUT2D eigenvalue weighted by Crippen LogP contribution is 2.25. The van der Waals surface area contributed by atoms with E-state index >= 15 is 0 Å². The van der Waals surface area contributed by atoms with Crippen molar-refractivity contribution in [3.63, 3.8) is 0 Å². The highest BCUT2D eigenvalue weighted by atomic mass is 15.3. The first-order valence-corrected chi connectivity index (χ1v) is 7.60. The summed E-state index contributed by atoms with van der Waals surface area (Å²) in [7, 11) is 0. The van der Waals surface area contributed by atoms with E-state index in [1.54, 1.807) is 6.33 Å². The van der Waals surface area contributed by atoms with Crippen molar-refractivity contribution in [1.29, 1.82) is 0 Å². The number of piperidine rings is 1. The van der Waals surface area contributed by atoms with E-state index in [0.29, 0.717) is 6.04 Å². The van der Waals surface area contributed by atoms with Gasteiger partial charge in [0.05, 0.1) is 0 Å². The molecule has 19 heavy (non-hydrogen) atoms. The molecule has 2 aliphatic heterocycles. The van der Waals surface area contributed by atoms with Crippen LogP contribution in [-0.2, 0) is 0 Å². The maximum absolute atomic E-state index is 4.46. The molecule has 2 saturated heterocycles. The quantitative estimate of drug-likeness (QED) is 0.834. The van der Waals surface area contributed by atoms with Crippen LogP contribution in [0.15, 0.2) is 12.4 Å². The van der Waals surface area contributed by atoms with E-state index in [2.05, 4.69) is 25.8 Å². The predicted octanol–water partition coefficient (Wildman–Crippen LogP) is 2.24. The van der Waals surface area contributed by atoms with Gasteiger partial charge in [-0.05, 0) is 45.7 Å². The molecule has 1 aromatic heterocycles. The molecule has 4 nitrogen and oxygen atoms in total. The Hall–Kier alpha value is -1.16. The maximum Gasteiger partial charge on any atom is 0.132 e. The van der Waals surface area contributed by atoms with Gasteiger partial charge in [-0.1, -0.05) is 6.42 Å². The summed E-state index contributed by atoms with van der Waals surface area (Å²) in [5.41, 5.74) is 1.06. The molecule has 0 aliphatic carbocycles. The molecule has 0 N–H and O–H groups in total. The Kier molecular flexibility index (Phi) is 3.97. The Morgan fingerprint density at radius 2 is 1.95 bits per heavy atom. The lowest BCUT2D eigenvalue weighted by Gasteiger charge is -2.33. The number of nitrogens with zero attached hydrogens (tertiary/aromatic N) is 4. The fourth-order valence-electron chi connectivity index (χ4n) is 3.36. The molecule has 1 aromatic rings. The molecule has 104 valence electrons. The average Bonchev–Trinajstić information content (AvgIpc) is 2.88. The van der Waals surface area contributed by atoms with E-state index in [4.69, 9.17) is 0 Å². The number of aromatic nitrogens is 2. The van der Waals surface area contributed by atoms with Gasteiger partial charge in [0.25, 0.3) is 0 Å². The first-order valence-electron chi connectivity index (χ1n) is 7.60. The van der Waals surface area contributed by atoms with Crippen molar-refractivity contribution in [2.24, 2.45) is 0 Å². The number of hydrogen-bond acceptors (Lipinski definition) is 4. The van der Waals surface area contributed by atoms with Gasteiger partial charge in [-0.3, -0.25) is 0 Å². The van der Waals surface area contributed by atoms with E-state index in [1.807, 2.05) is 6.92 Å². The fraction of sp³-hybridized carbons (Fsp3) is 0.733. The van der Waals surface area contributed by atoms with Crippen molar-refractivity contribution < 1.29 is 0 Å². The van der Waals surface area contributed by atoms with Crippen LogP contribution in [0, 0.1) is 6.92 Å². The standard InChI is InChI=1S/C15H24N4/c1-13-10-15(17-12-16-13)19-9-5-6-14(19)11-18-7-3-2-4-8-18/h10,12,14H,2-9,11H2,1H3/t14-/m1/s1. The molecular weight excluding hydrogens is 236 g/mol.